The Bertz CT molecular complexity index is 433. The molecule has 0 aliphatic carbocycles. The van der Waals surface area contributed by atoms with E-state index in [4.69, 9.17) is 19.9 Å². The summed E-state index contributed by atoms with van der Waals surface area (Å²) >= 11 is 0. The van der Waals surface area contributed by atoms with E-state index in [0.717, 1.165) is 0 Å². The van der Waals surface area contributed by atoms with Crippen LogP contribution in [-0.4, -0.2) is 34.4 Å². The highest BCUT2D eigenvalue weighted by molar-refractivity contribution is 5.79. The summed E-state index contributed by atoms with van der Waals surface area (Å²) in [6.07, 6.45) is 0. The van der Waals surface area contributed by atoms with Crippen LogP contribution in [0.2, 0.25) is 0 Å². The number of hydrogen-bond donors (Lipinski definition) is 1. The van der Waals surface area contributed by atoms with Gasteiger partial charge < -0.3 is 24.7 Å². The number of esters is 1. The van der Waals surface area contributed by atoms with Gasteiger partial charge in [0, 0.05) is 11.6 Å². The highest BCUT2D eigenvalue weighted by Crippen LogP contribution is 2.37. The summed E-state index contributed by atoms with van der Waals surface area (Å²) in [6, 6.07) is 2.26. The molecule has 1 unspecified atom stereocenters. The average molecular weight is 255 g/mol. The quantitative estimate of drug-likeness (QED) is 0.787. The summed E-state index contributed by atoms with van der Waals surface area (Å²) in [5, 5.41) is 0. The Hall–Kier alpha value is -1.95. The van der Waals surface area contributed by atoms with E-state index in [1.807, 2.05) is 0 Å². The molecule has 0 aromatic heterocycles. The van der Waals surface area contributed by atoms with Crippen molar-refractivity contribution in [1.82, 2.24) is 0 Å². The number of nitrogens with two attached hydrogens (primary N) is 1. The molecule has 0 saturated carbocycles. The van der Waals surface area contributed by atoms with E-state index in [1.54, 1.807) is 12.1 Å². The second-order valence-electron chi connectivity index (χ2n) is 3.45. The minimum Gasteiger partial charge on any atom is -0.496 e. The number of hydrogen-bond acceptors (Lipinski definition) is 6. The molecular formula is C12H17NO5. The Morgan fingerprint density at radius 2 is 1.50 bits per heavy atom. The number of rotatable bonds is 5. The van der Waals surface area contributed by atoms with Gasteiger partial charge in [-0.15, -0.1) is 0 Å². The monoisotopic (exact) mass is 255 g/mol. The van der Waals surface area contributed by atoms with Gasteiger partial charge in [0.05, 0.1) is 28.4 Å². The van der Waals surface area contributed by atoms with Crippen LogP contribution in [0.25, 0.3) is 0 Å². The smallest absolute Gasteiger partial charge is 0.327 e. The number of carbonyl (C=O) groups is 1. The Morgan fingerprint density at radius 3 is 1.94 bits per heavy atom. The first-order valence-electron chi connectivity index (χ1n) is 5.22. The predicted molar refractivity (Wildman–Crippen MR) is 65.0 cm³/mol. The lowest BCUT2D eigenvalue weighted by Crippen LogP contribution is -2.23. The van der Waals surface area contributed by atoms with Crippen LogP contribution in [0.3, 0.4) is 0 Å². The van der Waals surface area contributed by atoms with Crippen molar-refractivity contribution in [3.63, 3.8) is 0 Å². The lowest BCUT2D eigenvalue weighted by molar-refractivity contribution is -0.142. The Kier molecular flexibility index (Phi) is 4.79. The summed E-state index contributed by atoms with van der Waals surface area (Å²) in [6.45, 7) is 0. The fraction of sp³-hybridized carbons (Fsp3) is 0.417. The van der Waals surface area contributed by atoms with Crippen molar-refractivity contribution in [3.05, 3.63) is 17.7 Å². The van der Waals surface area contributed by atoms with Crippen LogP contribution in [0.4, 0.5) is 0 Å². The van der Waals surface area contributed by atoms with Gasteiger partial charge in [0.2, 0.25) is 0 Å². The standard InChI is InChI=1S/C12H17NO5/c1-15-8-6-10(17-3)9(16-2)5-7(8)11(13)12(14)18-4/h5-6,11H,13H2,1-4H3. The molecule has 1 rings (SSSR count). The third kappa shape index (κ3) is 2.65. The van der Waals surface area contributed by atoms with Crippen LogP contribution < -0.4 is 19.9 Å². The molecule has 2 N–H and O–H groups in total. The number of benzene rings is 1. The molecule has 0 spiro atoms. The van der Waals surface area contributed by atoms with Crippen molar-refractivity contribution in [3.8, 4) is 17.2 Å². The molecule has 0 aliphatic rings. The van der Waals surface area contributed by atoms with Gasteiger partial charge in [-0.3, -0.25) is 4.79 Å². The summed E-state index contributed by atoms with van der Waals surface area (Å²) < 4.78 is 20.1. The lowest BCUT2D eigenvalue weighted by Gasteiger charge is -2.17. The zero-order chi connectivity index (χ0) is 13.7. The largest absolute Gasteiger partial charge is 0.496 e. The maximum absolute atomic E-state index is 11.5. The van der Waals surface area contributed by atoms with Crippen LogP contribution in [0.1, 0.15) is 11.6 Å². The molecule has 0 aliphatic heterocycles. The molecule has 0 fully saturated rings. The molecule has 6 heteroatoms. The minimum absolute atomic E-state index is 0.436. The highest BCUT2D eigenvalue weighted by atomic mass is 16.5. The summed E-state index contributed by atoms with van der Waals surface area (Å²) in [7, 11) is 5.76. The van der Waals surface area contributed by atoms with Crippen molar-refractivity contribution in [2.45, 2.75) is 6.04 Å². The highest BCUT2D eigenvalue weighted by Gasteiger charge is 2.23. The zero-order valence-electron chi connectivity index (χ0n) is 10.9. The lowest BCUT2D eigenvalue weighted by atomic mass is 10.1. The zero-order valence-corrected chi connectivity index (χ0v) is 10.9. The summed E-state index contributed by atoms with van der Waals surface area (Å²) in [4.78, 5) is 11.5. The third-order valence-corrected chi connectivity index (χ3v) is 2.53. The van der Waals surface area contributed by atoms with Crippen molar-refractivity contribution < 1.29 is 23.7 Å². The molecule has 0 saturated heterocycles. The molecule has 1 atom stereocenters. The molecular weight excluding hydrogens is 238 g/mol. The van der Waals surface area contributed by atoms with Gasteiger partial charge in [-0.25, -0.2) is 0 Å². The first-order valence-corrected chi connectivity index (χ1v) is 5.22. The topological polar surface area (TPSA) is 80.0 Å². The maximum atomic E-state index is 11.5. The summed E-state index contributed by atoms with van der Waals surface area (Å²) in [5.41, 5.74) is 6.26. The predicted octanol–water partition coefficient (Wildman–Crippen LogP) is 0.885. The molecule has 18 heavy (non-hydrogen) atoms. The SMILES string of the molecule is COC(=O)C(N)c1cc(OC)c(OC)cc1OC. The normalized spacial score (nSPS) is 11.6. The van der Waals surface area contributed by atoms with Crippen molar-refractivity contribution in [2.24, 2.45) is 5.73 Å². The van der Waals surface area contributed by atoms with Crippen molar-refractivity contribution >= 4 is 5.97 Å². The Morgan fingerprint density at radius 1 is 1.00 bits per heavy atom. The van der Waals surface area contributed by atoms with E-state index in [-0.39, 0.29) is 0 Å². The molecule has 0 amide bonds. The van der Waals surface area contributed by atoms with Gasteiger partial charge in [0.25, 0.3) is 0 Å². The number of carbonyl (C=O) groups excluding carboxylic acids is 1. The van der Waals surface area contributed by atoms with Gasteiger partial charge in [0.15, 0.2) is 11.5 Å². The minimum atomic E-state index is -0.940. The second kappa shape index (κ2) is 6.11. The van der Waals surface area contributed by atoms with Crippen LogP contribution in [0.15, 0.2) is 12.1 Å². The van der Waals surface area contributed by atoms with Crippen LogP contribution in [0.5, 0.6) is 17.2 Å². The molecule has 1 aromatic carbocycles. The van der Waals surface area contributed by atoms with Crippen LogP contribution in [0, 0.1) is 0 Å². The third-order valence-electron chi connectivity index (χ3n) is 2.53. The first kappa shape index (κ1) is 14.1. The van der Waals surface area contributed by atoms with Gasteiger partial charge >= 0.3 is 5.97 Å². The number of methoxy groups -OCH3 is 4. The van der Waals surface area contributed by atoms with E-state index in [1.165, 1.54) is 28.4 Å². The maximum Gasteiger partial charge on any atom is 0.327 e. The van der Waals surface area contributed by atoms with Crippen molar-refractivity contribution in [1.29, 1.82) is 0 Å². The fourth-order valence-corrected chi connectivity index (χ4v) is 1.55. The fourth-order valence-electron chi connectivity index (χ4n) is 1.55. The second-order valence-corrected chi connectivity index (χ2v) is 3.45. The van der Waals surface area contributed by atoms with E-state index in [2.05, 4.69) is 4.74 Å². The first-order chi connectivity index (χ1) is 8.58. The van der Waals surface area contributed by atoms with E-state index in [0.29, 0.717) is 22.8 Å². The molecule has 100 valence electrons. The Balaban J connectivity index is 3.29. The number of ether oxygens (including phenoxy) is 4. The summed E-state index contributed by atoms with van der Waals surface area (Å²) in [5.74, 6) is 0.842. The molecule has 1 aromatic rings. The average Bonchev–Trinajstić information content (AvgIpc) is 2.43. The van der Waals surface area contributed by atoms with Gasteiger partial charge in [-0.05, 0) is 6.07 Å². The molecule has 0 radical (unpaired) electrons. The van der Waals surface area contributed by atoms with E-state index in [9.17, 15) is 4.79 Å². The molecule has 0 bridgehead atoms. The van der Waals surface area contributed by atoms with E-state index >= 15 is 0 Å². The van der Waals surface area contributed by atoms with Gasteiger partial charge in [-0.2, -0.15) is 0 Å². The van der Waals surface area contributed by atoms with E-state index < -0.39 is 12.0 Å². The Labute approximate surface area is 106 Å². The van der Waals surface area contributed by atoms with Gasteiger partial charge in [0.1, 0.15) is 11.8 Å². The molecule has 6 nitrogen and oxygen atoms in total. The van der Waals surface area contributed by atoms with Crippen LogP contribution >= 0.6 is 0 Å². The van der Waals surface area contributed by atoms with Crippen LogP contribution in [-0.2, 0) is 9.53 Å². The van der Waals surface area contributed by atoms with Crippen molar-refractivity contribution in [2.75, 3.05) is 28.4 Å². The molecule has 0 heterocycles. The van der Waals surface area contributed by atoms with Gasteiger partial charge in [-0.1, -0.05) is 0 Å².